The number of rotatable bonds is 2. The minimum absolute atomic E-state index is 0.243. The highest BCUT2D eigenvalue weighted by molar-refractivity contribution is 5.93. The smallest absolute Gasteiger partial charge is 0.156 e. The fourth-order valence-corrected chi connectivity index (χ4v) is 7.21. The van der Waals surface area contributed by atoms with Crippen LogP contribution in [0.4, 0.5) is 5.69 Å². The molecule has 3 nitrogen and oxygen atoms in total. The molecule has 5 atom stereocenters. The summed E-state index contributed by atoms with van der Waals surface area (Å²) < 4.78 is 0. The number of anilines is 1. The van der Waals surface area contributed by atoms with E-state index in [1.54, 1.807) is 5.57 Å². The second kappa shape index (κ2) is 7.10. The summed E-state index contributed by atoms with van der Waals surface area (Å²) >= 11 is 0. The van der Waals surface area contributed by atoms with E-state index in [0.29, 0.717) is 24.7 Å². The van der Waals surface area contributed by atoms with E-state index in [0.717, 1.165) is 32.1 Å². The molecule has 2 saturated carbocycles. The third-order valence-corrected chi connectivity index (χ3v) is 8.94. The molecule has 5 rings (SSSR count). The normalized spacial score (nSPS) is 36.8. The van der Waals surface area contributed by atoms with E-state index in [2.05, 4.69) is 56.1 Å². The van der Waals surface area contributed by atoms with E-state index >= 15 is 0 Å². The van der Waals surface area contributed by atoms with Crippen molar-refractivity contribution in [2.24, 2.45) is 17.3 Å². The molecule has 0 amide bonds. The monoisotopic (exact) mass is 415 g/mol. The average molecular weight is 416 g/mol. The van der Waals surface area contributed by atoms with Crippen LogP contribution in [-0.4, -0.2) is 30.6 Å². The first-order valence-corrected chi connectivity index (χ1v) is 11.7. The summed E-state index contributed by atoms with van der Waals surface area (Å²) in [5.41, 5.74) is 5.43. The van der Waals surface area contributed by atoms with Crippen molar-refractivity contribution in [2.75, 3.05) is 19.0 Å². The van der Waals surface area contributed by atoms with Crippen LogP contribution in [0.15, 0.2) is 47.1 Å². The van der Waals surface area contributed by atoms with Gasteiger partial charge in [0.05, 0.1) is 0 Å². The van der Waals surface area contributed by atoms with Crippen LogP contribution in [0.5, 0.6) is 0 Å². The lowest BCUT2D eigenvalue weighted by Gasteiger charge is -2.53. The van der Waals surface area contributed by atoms with Crippen LogP contribution in [0.1, 0.15) is 63.4 Å². The van der Waals surface area contributed by atoms with Crippen LogP contribution in [0.2, 0.25) is 0 Å². The van der Waals surface area contributed by atoms with Gasteiger partial charge in [0.15, 0.2) is 5.78 Å². The van der Waals surface area contributed by atoms with Gasteiger partial charge in [0, 0.05) is 37.5 Å². The Bertz CT molecular complexity index is 1020. The standard InChI is InChI=1S/C28H33NO2/c1-5-28(31)15-14-25-23-12-8-19-16-21(30)11-13-22(19)26(23)24(17-27(25,28)2)18-6-9-20(10-7-18)29(3)4/h1,6-7,9-10,16,23-25,31H,8,11-15,17H2,2-4H3/t23?,24-,25?,27+,28+/m1/s1. The molecule has 1 aromatic carbocycles. The maximum Gasteiger partial charge on any atom is 0.156 e. The number of allylic oxidation sites excluding steroid dienone is 4. The first kappa shape index (κ1) is 20.6. The van der Waals surface area contributed by atoms with Crippen molar-refractivity contribution in [2.45, 2.75) is 63.4 Å². The van der Waals surface area contributed by atoms with E-state index in [9.17, 15) is 9.90 Å². The van der Waals surface area contributed by atoms with E-state index < -0.39 is 5.60 Å². The van der Waals surface area contributed by atoms with E-state index in [4.69, 9.17) is 6.42 Å². The number of carbonyl (C=O) groups excluding carboxylic acids is 1. The van der Waals surface area contributed by atoms with Crippen molar-refractivity contribution >= 4 is 11.5 Å². The maximum absolute atomic E-state index is 12.1. The van der Waals surface area contributed by atoms with Gasteiger partial charge in [-0.05, 0) is 85.3 Å². The number of nitrogens with zero attached hydrogens (tertiary/aromatic N) is 1. The van der Waals surface area contributed by atoms with Crippen molar-refractivity contribution < 1.29 is 9.90 Å². The molecule has 0 aromatic heterocycles. The van der Waals surface area contributed by atoms with Crippen LogP contribution in [-0.2, 0) is 4.79 Å². The summed E-state index contributed by atoms with van der Waals surface area (Å²) in [6, 6.07) is 8.89. The summed E-state index contributed by atoms with van der Waals surface area (Å²) in [6.07, 6.45) is 13.9. The van der Waals surface area contributed by atoms with Crippen molar-refractivity contribution in [1.82, 2.24) is 0 Å². The predicted octanol–water partition coefficient (Wildman–Crippen LogP) is 5.02. The highest BCUT2D eigenvalue weighted by Gasteiger charge is 2.62. The molecule has 2 fully saturated rings. The number of terminal acetylenes is 1. The van der Waals surface area contributed by atoms with Gasteiger partial charge in [0.1, 0.15) is 5.60 Å². The highest BCUT2D eigenvalue weighted by atomic mass is 16.3. The number of ketones is 1. The second-order valence-corrected chi connectivity index (χ2v) is 10.5. The zero-order valence-corrected chi connectivity index (χ0v) is 18.9. The molecule has 0 saturated heterocycles. The number of hydrogen-bond acceptors (Lipinski definition) is 3. The van der Waals surface area contributed by atoms with Crippen LogP contribution in [0.25, 0.3) is 0 Å². The van der Waals surface area contributed by atoms with Crippen molar-refractivity contribution in [3.63, 3.8) is 0 Å². The summed E-state index contributed by atoms with van der Waals surface area (Å²) in [5, 5.41) is 11.5. The van der Waals surface area contributed by atoms with E-state index in [1.165, 1.54) is 22.4 Å². The molecular weight excluding hydrogens is 382 g/mol. The van der Waals surface area contributed by atoms with Crippen molar-refractivity contribution in [3.8, 4) is 12.3 Å². The van der Waals surface area contributed by atoms with Gasteiger partial charge >= 0.3 is 0 Å². The zero-order valence-electron chi connectivity index (χ0n) is 18.9. The molecule has 1 N–H and O–H groups in total. The van der Waals surface area contributed by atoms with Crippen molar-refractivity contribution in [1.29, 1.82) is 0 Å². The summed E-state index contributed by atoms with van der Waals surface area (Å²) in [7, 11) is 4.12. The van der Waals surface area contributed by atoms with Crippen molar-refractivity contribution in [3.05, 3.63) is 52.6 Å². The number of benzene rings is 1. The van der Waals surface area contributed by atoms with Gasteiger partial charge < -0.3 is 10.0 Å². The molecule has 0 radical (unpaired) electrons. The largest absolute Gasteiger partial charge is 0.378 e. The van der Waals surface area contributed by atoms with Crippen LogP contribution in [0.3, 0.4) is 0 Å². The Labute approximate surface area is 186 Å². The Balaban J connectivity index is 1.67. The molecule has 0 spiro atoms. The molecule has 3 heteroatoms. The van der Waals surface area contributed by atoms with Gasteiger partial charge in [0.2, 0.25) is 0 Å². The molecule has 1 aromatic rings. The van der Waals surface area contributed by atoms with Gasteiger partial charge in [-0.1, -0.05) is 30.6 Å². The number of hydrogen-bond donors (Lipinski definition) is 1. The third-order valence-electron chi connectivity index (χ3n) is 8.94. The number of carbonyl (C=O) groups is 1. The Morgan fingerprint density at radius 1 is 1.13 bits per heavy atom. The summed E-state index contributed by atoms with van der Waals surface area (Å²) in [6.45, 7) is 2.24. The minimum atomic E-state index is -1.03. The molecule has 2 unspecified atom stereocenters. The van der Waals surface area contributed by atoms with Gasteiger partial charge in [-0.2, -0.15) is 0 Å². The molecule has 31 heavy (non-hydrogen) atoms. The molecule has 0 bridgehead atoms. The topological polar surface area (TPSA) is 40.5 Å². The predicted molar refractivity (Wildman–Crippen MR) is 125 cm³/mol. The lowest BCUT2D eigenvalue weighted by Crippen LogP contribution is -2.50. The van der Waals surface area contributed by atoms with Gasteiger partial charge in [-0.3, -0.25) is 4.79 Å². The van der Waals surface area contributed by atoms with Gasteiger partial charge in [-0.25, -0.2) is 0 Å². The molecule has 162 valence electrons. The molecule has 4 aliphatic rings. The van der Waals surface area contributed by atoms with Gasteiger partial charge in [-0.15, -0.1) is 6.42 Å². The maximum atomic E-state index is 12.1. The average Bonchev–Trinajstić information content (AvgIpc) is 3.04. The van der Waals surface area contributed by atoms with Gasteiger partial charge in [0.25, 0.3) is 0 Å². The fourth-order valence-electron chi connectivity index (χ4n) is 7.21. The Morgan fingerprint density at radius 3 is 2.55 bits per heavy atom. The Morgan fingerprint density at radius 2 is 1.87 bits per heavy atom. The number of aliphatic hydroxyl groups is 1. The molecular formula is C28H33NO2. The minimum Gasteiger partial charge on any atom is -0.378 e. The zero-order chi connectivity index (χ0) is 22.0. The molecule has 0 heterocycles. The third kappa shape index (κ3) is 2.95. The quantitative estimate of drug-likeness (QED) is 0.690. The summed E-state index contributed by atoms with van der Waals surface area (Å²) in [4.78, 5) is 14.2. The second-order valence-electron chi connectivity index (χ2n) is 10.5. The molecule has 0 aliphatic heterocycles. The van der Waals surface area contributed by atoms with Crippen LogP contribution >= 0.6 is 0 Å². The fraction of sp³-hybridized carbons (Fsp3) is 0.536. The summed E-state index contributed by atoms with van der Waals surface area (Å²) in [5.74, 6) is 4.18. The Hall–Kier alpha value is -2.31. The first-order chi connectivity index (χ1) is 14.8. The Kier molecular flexibility index (Phi) is 4.72. The SMILES string of the molecule is C#C[C@]1(O)CCC2C3CCC4=CC(=O)CCC4=C3[C@@H](c3ccc(N(C)C)cc3)C[C@@]21C. The lowest BCUT2D eigenvalue weighted by molar-refractivity contribution is -0.114. The number of fused-ring (bicyclic) bond motifs is 4. The van der Waals surface area contributed by atoms with Crippen LogP contribution < -0.4 is 4.90 Å². The molecule has 4 aliphatic carbocycles. The van der Waals surface area contributed by atoms with E-state index in [-0.39, 0.29) is 17.1 Å². The first-order valence-electron chi connectivity index (χ1n) is 11.7. The van der Waals surface area contributed by atoms with E-state index in [1.807, 2.05) is 6.08 Å². The highest BCUT2D eigenvalue weighted by Crippen LogP contribution is 2.66. The van der Waals surface area contributed by atoms with Crippen LogP contribution in [0, 0.1) is 29.6 Å². The lowest BCUT2D eigenvalue weighted by atomic mass is 9.51.